The molecular weight excluding hydrogens is 418 g/mol. The third-order valence-electron chi connectivity index (χ3n) is 3.45. The predicted octanol–water partition coefficient (Wildman–Crippen LogP) is 5.64. The lowest BCUT2D eigenvalue weighted by Crippen LogP contribution is -2.27. The van der Waals surface area contributed by atoms with Gasteiger partial charge < -0.3 is 4.74 Å². The molecule has 2 aromatic carbocycles. The van der Waals surface area contributed by atoms with Gasteiger partial charge in [-0.25, -0.2) is 0 Å². The number of benzene rings is 2. The first-order valence-electron chi connectivity index (χ1n) is 7.75. The van der Waals surface area contributed by atoms with Gasteiger partial charge >= 0.3 is 0 Å². The molecule has 6 heteroatoms. The zero-order valence-corrected chi connectivity index (χ0v) is 17.0. The van der Waals surface area contributed by atoms with E-state index in [1.54, 1.807) is 4.90 Å². The van der Waals surface area contributed by atoms with Gasteiger partial charge in [0.15, 0.2) is 4.32 Å². The Kier molecular flexibility index (Phi) is 5.61. The maximum absolute atomic E-state index is 12.8. The second kappa shape index (κ2) is 7.72. The largest absolute Gasteiger partial charge is 0.490 e. The summed E-state index contributed by atoms with van der Waals surface area (Å²) in [6, 6.07) is 15.2. The monoisotopic (exact) mass is 433 g/mol. The summed E-state index contributed by atoms with van der Waals surface area (Å²) in [6.45, 7) is 3.95. The molecule has 1 fully saturated rings. The van der Waals surface area contributed by atoms with Gasteiger partial charge in [0.25, 0.3) is 5.91 Å². The van der Waals surface area contributed by atoms with E-state index in [0.717, 1.165) is 21.5 Å². The summed E-state index contributed by atoms with van der Waals surface area (Å²) < 4.78 is 7.31. The topological polar surface area (TPSA) is 29.5 Å². The van der Waals surface area contributed by atoms with Gasteiger partial charge in [-0.05, 0) is 50.3 Å². The quantitative estimate of drug-likeness (QED) is 0.460. The fraction of sp³-hybridized carbons (Fsp3) is 0.158. The highest BCUT2D eigenvalue weighted by atomic mass is 79.9. The molecule has 0 N–H and O–H groups in total. The molecule has 0 unspecified atom stereocenters. The summed E-state index contributed by atoms with van der Waals surface area (Å²) in [7, 11) is 0. The van der Waals surface area contributed by atoms with Crippen LogP contribution in [0, 0.1) is 0 Å². The number of para-hydroxylation sites is 1. The molecule has 0 aliphatic carbocycles. The van der Waals surface area contributed by atoms with Crippen molar-refractivity contribution < 1.29 is 9.53 Å². The number of hydrogen-bond donors (Lipinski definition) is 0. The Bertz CT molecular complexity index is 847. The Morgan fingerprint density at radius 2 is 1.84 bits per heavy atom. The summed E-state index contributed by atoms with van der Waals surface area (Å²) in [6.07, 6.45) is 1.90. The molecule has 0 bridgehead atoms. The van der Waals surface area contributed by atoms with Crippen LogP contribution in [0.25, 0.3) is 6.08 Å². The van der Waals surface area contributed by atoms with Gasteiger partial charge in [0, 0.05) is 10.0 Å². The number of nitrogens with zero attached hydrogens (tertiary/aromatic N) is 1. The third kappa shape index (κ3) is 4.14. The Balaban J connectivity index is 1.92. The number of halogens is 1. The molecule has 2 aromatic rings. The van der Waals surface area contributed by atoms with Crippen LogP contribution in [0.5, 0.6) is 5.75 Å². The van der Waals surface area contributed by atoms with Gasteiger partial charge in [-0.2, -0.15) is 0 Å². The van der Waals surface area contributed by atoms with Crippen LogP contribution in [-0.4, -0.2) is 16.3 Å². The molecule has 0 aromatic heterocycles. The molecule has 0 radical (unpaired) electrons. The van der Waals surface area contributed by atoms with E-state index >= 15 is 0 Å². The van der Waals surface area contributed by atoms with Crippen LogP contribution in [0.2, 0.25) is 0 Å². The van der Waals surface area contributed by atoms with Gasteiger partial charge in [0.2, 0.25) is 0 Å². The zero-order valence-electron chi connectivity index (χ0n) is 13.7. The molecule has 0 spiro atoms. The average molecular weight is 434 g/mol. The smallest absolute Gasteiger partial charge is 0.270 e. The summed E-state index contributed by atoms with van der Waals surface area (Å²) >= 11 is 10.1. The second-order valence-electron chi connectivity index (χ2n) is 5.70. The van der Waals surface area contributed by atoms with Gasteiger partial charge in [-0.15, -0.1) is 0 Å². The molecule has 1 aliphatic heterocycles. The van der Waals surface area contributed by atoms with Crippen molar-refractivity contribution in [2.24, 2.45) is 0 Å². The van der Waals surface area contributed by atoms with Crippen LogP contribution in [0.3, 0.4) is 0 Å². The molecule has 3 rings (SSSR count). The van der Waals surface area contributed by atoms with Crippen molar-refractivity contribution in [3.8, 4) is 5.75 Å². The van der Waals surface area contributed by atoms with Crippen LogP contribution in [-0.2, 0) is 4.79 Å². The molecule has 0 atom stereocenters. The summed E-state index contributed by atoms with van der Waals surface area (Å²) in [4.78, 5) is 15.0. The van der Waals surface area contributed by atoms with Crippen molar-refractivity contribution >= 4 is 61.9 Å². The zero-order chi connectivity index (χ0) is 18.0. The van der Waals surface area contributed by atoms with Crippen molar-refractivity contribution in [3.05, 3.63) is 63.5 Å². The molecule has 25 heavy (non-hydrogen) atoms. The number of carbonyl (C=O) groups excluding carboxylic acids is 1. The highest BCUT2D eigenvalue weighted by Crippen LogP contribution is 2.37. The minimum atomic E-state index is -0.114. The number of carbonyl (C=O) groups is 1. The molecule has 0 saturated carbocycles. The van der Waals surface area contributed by atoms with E-state index in [4.69, 9.17) is 17.0 Å². The Hall–Kier alpha value is -1.63. The van der Waals surface area contributed by atoms with Gasteiger partial charge in [-0.3, -0.25) is 9.69 Å². The molecule has 1 amide bonds. The van der Waals surface area contributed by atoms with Crippen molar-refractivity contribution in [3.63, 3.8) is 0 Å². The van der Waals surface area contributed by atoms with Crippen molar-refractivity contribution in [2.75, 3.05) is 4.90 Å². The van der Waals surface area contributed by atoms with Crippen molar-refractivity contribution in [2.45, 2.75) is 20.0 Å². The minimum Gasteiger partial charge on any atom is -0.490 e. The van der Waals surface area contributed by atoms with Gasteiger partial charge in [0.05, 0.1) is 16.7 Å². The first-order valence-corrected chi connectivity index (χ1v) is 9.76. The fourth-order valence-electron chi connectivity index (χ4n) is 2.38. The molecular formula is C19H16BrNO2S2. The number of thiocarbonyl (C=S) groups is 1. The number of rotatable bonds is 4. The van der Waals surface area contributed by atoms with Gasteiger partial charge in [-0.1, -0.05) is 58.1 Å². The maximum atomic E-state index is 12.8. The molecule has 128 valence electrons. The van der Waals surface area contributed by atoms with E-state index in [9.17, 15) is 4.79 Å². The maximum Gasteiger partial charge on any atom is 0.270 e. The summed E-state index contributed by atoms with van der Waals surface area (Å²) in [5.41, 5.74) is 1.63. The van der Waals surface area contributed by atoms with E-state index in [0.29, 0.717) is 9.23 Å². The first-order chi connectivity index (χ1) is 12.0. The Morgan fingerprint density at radius 1 is 1.16 bits per heavy atom. The lowest BCUT2D eigenvalue weighted by atomic mass is 10.1. The lowest BCUT2D eigenvalue weighted by Gasteiger charge is -2.14. The van der Waals surface area contributed by atoms with Crippen LogP contribution in [0.1, 0.15) is 19.4 Å². The Labute approximate surface area is 165 Å². The SMILES string of the molecule is CC(C)Oc1ccccc1/C=C1\SC(=S)N(c2ccc(Br)cc2)C1=O. The van der Waals surface area contributed by atoms with E-state index in [1.165, 1.54) is 11.8 Å². The van der Waals surface area contributed by atoms with Crippen LogP contribution in [0.15, 0.2) is 57.9 Å². The van der Waals surface area contributed by atoms with Crippen LogP contribution < -0.4 is 9.64 Å². The van der Waals surface area contributed by atoms with Crippen molar-refractivity contribution in [1.29, 1.82) is 0 Å². The third-order valence-corrected chi connectivity index (χ3v) is 5.28. The fourth-order valence-corrected chi connectivity index (χ4v) is 3.94. The summed E-state index contributed by atoms with van der Waals surface area (Å²) in [5, 5.41) is 0. The van der Waals surface area contributed by atoms with E-state index < -0.39 is 0 Å². The van der Waals surface area contributed by atoms with E-state index in [-0.39, 0.29) is 12.0 Å². The second-order valence-corrected chi connectivity index (χ2v) is 8.29. The number of anilines is 1. The number of amides is 1. The predicted molar refractivity (Wildman–Crippen MR) is 112 cm³/mol. The Morgan fingerprint density at radius 3 is 2.52 bits per heavy atom. The molecule has 1 heterocycles. The first kappa shape index (κ1) is 18.2. The highest BCUT2D eigenvalue weighted by molar-refractivity contribution is 9.10. The standard InChI is InChI=1S/C19H16BrNO2S2/c1-12(2)23-16-6-4-3-5-13(16)11-17-18(22)21(19(24)25-17)15-9-7-14(20)8-10-15/h3-12H,1-2H3/b17-11-. The molecule has 3 nitrogen and oxygen atoms in total. The minimum absolute atomic E-state index is 0.0619. The van der Waals surface area contributed by atoms with Crippen molar-refractivity contribution in [1.82, 2.24) is 0 Å². The average Bonchev–Trinajstić information content (AvgIpc) is 2.84. The van der Waals surface area contributed by atoms with E-state index in [1.807, 2.05) is 68.5 Å². The number of thioether (sulfide) groups is 1. The highest BCUT2D eigenvalue weighted by Gasteiger charge is 2.33. The molecule has 1 saturated heterocycles. The van der Waals surface area contributed by atoms with E-state index in [2.05, 4.69) is 15.9 Å². The van der Waals surface area contributed by atoms with Crippen LogP contribution in [0.4, 0.5) is 5.69 Å². The number of ether oxygens (including phenoxy) is 1. The van der Waals surface area contributed by atoms with Crippen LogP contribution >= 0.6 is 39.9 Å². The number of hydrogen-bond acceptors (Lipinski definition) is 4. The normalized spacial score (nSPS) is 16.2. The molecule has 1 aliphatic rings. The van der Waals surface area contributed by atoms with Gasteiger partial charge in [0.1, 0.15) is 5.75 Å². The lowest BCUT2D eigenvalue weighted by molar-refractivity contribution is -0.113. The summed E-state index contributed by atoms with van der Waals surface area (Å²) in [5.74, 6) is 0.642.